The van der Waals surface area contributed by atoms with Crippen molar-refractivity contribution in [2.75, 3.05) is 0 Å². The van der Waals surface area contributed by atoms with Crippen LogP contribution >= 0.6 is 0 Å². The summed E-state index contributed by atoms with van der Waals surface area (Å²) in [5.41, 5.74) is 4.16. The van der Waals surface area contributed by atoms with Crippen molar-refractivity contribution in [2.45, 2.75) is 26.4 Å². The highest BCUT2D eigenvalue weighted by Gasteiger charge is 2.18. The molecule has 0 atom stereocenters. The van der Waals surface area contributed by atoms with E-state index in [1.165, 1.54) is 12.4 Å². The number of nitrogens with zero attached hydrogens (tertiary/aromatic N) is 3. The summed E-state index contributed by atoms with van der Waals surface area (Å²) in [7, 11) is 0. The minimum absolute atomic E-state index is 0.373. The maximum atomic E-state index is 11.5. The lowest BCUT2D eigenvalue weighted by atomic mass is 10.2. The maximum Gasteiger partial charge on any atom is 0.438 e. The molecular weight excluding hydrogens is 240 g/mol. The van der Waals surface area contributed by atoms with E-state index in [2.05, 4.69) is 14.8 Å². The number of carbonyl (C=O) groups is 2. The first-order valence-electron chi connectivity index (χ1n) is 5.07. The molecule has 1 aromatic rings. The van der Waals surface area contributed by atoms with Gasteiger partial charge < -0.3 is 15.2 Å². The van der Waals surface area contributed by atoms with Crippen molar-refractivity contribution in [1.29, 1.82) is 0 Å². The summed E-state index contributed by atoms with van der Waals surface area (Å²) in [6.07, 6.45) is 0.850. The predicted molar refractivity (Wildman–Crippen MR) is 62.0 cm³/mol. The van der Waals surface area contributed by atoms with Crippen LogP contribution in [0, 0.1) is 0 Å². The molecule has 2 N–H and O–H groups in total. The third-order valence-electron chi connectivity index (χ3n) is 1.47. The summed E-state index contributed by atoms with van der Waals surface area (Å²) >= 11 is 0. The zero-order chi connectivity index (χ0) is 13.8. The maximum absolute atomic E-state index is 11.5. The third-order valence-corrected chi connectivity index (χ3v) is 1.47. The fraction of sp³-hybridized carbons (Fsp3) is 0.400. The average Bonchev–Trinajstić information content (AvgIpc) is 2.64. The van der Waals surface area contributed by atoms with Crippen LogP contribution in [0.5, 0.6) is 0 Å². The van der Waals surface area contributed by atoms with Crippen LogP contribution < -0.4 is 5.73 Å². The van der Waals surface area contributed by atoms with Gasteiger partial charge in [-0.25, -0.2) is 9.59 Å². The van der Waals surface area contributed by atoms with Gasteiger partial charge in [-0.2, -0.15) is 9.78 Å². The van der Waals surface area contributed by atoms with E-state index < -0.39 is 17.8 Å². The normalized spacial score (nSPS) is 12.1. The van der Waals surface area contributed by atoms with E-state index in [1.807, 2.05) is 0 Å². The molecule has 0 spiro atoms. The second kappa shape index (κ2) is 5.30. The highest BCUT2D eigenvalue weighted by atomic mass is 16.6. The topological polar surface area (TPSA) is 109 Å². The van der Waals surface area contributed by atoms with E-state index in [4.69, 9.17) is 10.5 Å². The summed E-state index contributed by atoms with van der Waals surface area (Å²) in [4.78, 5) is 25.6. The van der Waals surface area contributed by atoms with Gasteiger partial charge in [0.25, 0.3) is 0 Å². The Balaban J connectivity index is 2.90. The van der Waals surface area contributed by atoms with Gasteiger partial charge in [0.15, 0.2) is 0 Å². The summed E-state index contributed by atoms with van der Waals surface area (Å²) in [6, 6.07) is 1.19. The molecule has 0 bridgehead atoms. The molecule has 0 saturated carbocycles. The third kappa shape index (κ3) is 4.64. The zero-order valence-electron chi connectivity index (χ0n) is 10.3. The minimum atomic E-state index is -1.10. The molecule has 0 saturated heterocycles. The number of nitrogens with two attached hydrogens (primary N) is 1. The number of hydrogen-bond donors (Lipinski definition) is 1. The molecule has 1 heterocycles. The van der Waals surface area contributed by atoms with Crippen molar-refractivity contribution < 1.29 is 19.1 Å². The Labute approximate surface area is 103 Å². The van der Waals surface area contributed by atoms with E-state index in [0.29, 0.717) is 0 Å². The molecule has 18 heavy (non-hydrogen) atoms. The number of hydrogen-bond acceptors (Lipinski definition) is 5. The molecule has 98 valence electrons. The second-order valence-electron chi connectivity index (χ2n) is 4.25. The van der Waals surface area contributed by atoms with Gasteiger partial charge in [0.05, 0.1) is 0 Å². The Morgan fingerprint density at radius 2 is 2.06 bits per heavy atom. The molecule has 2 amide bonds. The number of ether oxygens (including phenoxy) is 2. The first kappa shape index (κ1) is 13.7. The van der Waals surface area contributed by atoms with Crippen molar-refractivity contribution in [1.82, 2.24) is 9.78 Å². The summed E-state index contributed by atoms with van der Waals surface area (Å²) in [6.45, 7) is 5.05. The highest BCUT2D eigenvalue weighted by Crippen LogP contribution is 2.08. The van der Waals surface area contributed by atoms with Crippen LogP contribution in [0.4, 0.5) is 9.59 Å². The Hall–Kier alpha value is -2.38. The van der Waals surface area contributed by atoms with Crippen molar-refractivity contribution in [3.8, 4) is 0 Å². The lowest BCUT2D eigenvalue weighted by Gasteiger charge is -2.17. The SMILES string of the molecule is CC(C)(C)OC(=O)/N=C(\OC(N)=O)n1cccn1. The number of primary amides is 1. The van der Waals surface area contributed by atoms with Gasteiger partial charge in [-0.15, -0.1) is 4.99 Å². The standard InChI is InChI=1S/C10H14N4O4/c1-10(2,3)18-9(16)13-8(17-7(11)15)14-6-4-5-12-14/h4-6H,1-3H3,(H2,11,15)/b13-8-. The molecule has 0 fully saturated rings. The van der Waals surface area contributed by atoms with E-state index in [1.54, 1.807) is 26.8 Å². The van der Waals surface area contributed by atoms with Gasteiger partial charge in [0.1, 0.15) is 5.60 Å². The van der Waals surface area contributed by atoms with Gasteiger partial charge in [-0.3, -0.25) is 0 Å². The number of aromatic nitrogens is 2. The molecule has 0 unspecified atom stereocenters. The Morgan fingerprint density at radius 3 is 2.50 bits per heavy atom. The fourth-order valence-corrected chi connectivity index (χ4v) is 0.956. The van der Waals surface area contributed by atoms with Crippen LogP contribution in [0.3, 0.4) is 0 Å². The fourth-order valence-electron chi connectivity index (χ4n) is 0.956. The van der Waals surface area contributed by atoms with Crippen LogP contribution in [0.15, 0.2) is 23.5 Å². The first-order valence-corrected chi connectivity index (χ1v) is 5.07. The van der Waals surface area contributed by atoms with Crippen molar-refractivity contribution in [3.05, 3.63) is 18.5 Å². The van der Waals surface area contributed by atoms with Gasteiger partial charge >= 0.3 is 18.2 Å². The molecular formula is C10H14N4O4. The summed E-state index contributed by atoms with van der Waals surface area (Å²) in [5, 5.41) is 3.76. The van der Waals surface area contributed by atoms with Crippen LogP contribution in [0.2, 0.25) is 0 Å². The average molecular weight is 254 g/mol. The second-order valence-corrected chi connectivity index (χ2v) is 4.25. The van der Waals surface area contributed by atoms with Crippen molar-refractivity contribution >= 4 is 18.2 Å². The first-order chi connectivity index (χ1) is 8.28. The molecule has 8 nitrogen and oxygen atoms in total. The smallest absolute Gasteiger partial charge is 0.438 e. The molecule has 0 radical (unpaired) electrons. The van der Waals surface area contributed by atoms with Crippen molar-refractivity contribution in [2.24, 2.45) is 10.7 Å². The number of aliphatic imine (C=N–C) groups is 1. The monoisotopic (exact) mass is 254 g/mol. The lowest BCUT2D eigenvalue weighted by molar-refractivity contribution is 0.0600. The van der Waals surface area contributed by atoms with Crippen LogP contribution in [0.25, 0.3) is 0 Å². The molecule has 8 heteroatoms. The predicted octanol–water partition coefficient (Wildman–Crippen LogP) is 1.12. The van der Waals surface area contributed by atoms with E-state index in [-0.39, 0.29) is 6.02 Å². The number of carbonyl (C=O) groups excluding carboxylic acids is 2. The molecule has 0 aliphatic rings. The molecule has 1 rings (SSSR count). The number of rotatable bonds is 0. The lowest BCUT2D eigenvalue weighted by Crippen LogP contribution is -2.28. The minimum Gasteiger partial charge on any atom is -0.442 e. The molecule has 1 aromatic heterocycles. The molecule has 0 aliphatic heterocycles. The Kier molecular flexibility index (Phi) is 4.03. The van der Waals surface area contributed by atoms with Crippen molar-refractivity contribution in [3.63, 3.8) is 0 Å². The van der Waals surface area contributed by atoms with Crippen LogP contribution in [-0.4, -0.2) is 33.6 Å². The van der Waals surface area contributed by atoms with E-state index >= 15 is 0 Å². The van der Waals surface area contributed by atoms with E-state index in [9.17, 15) is 9.59 Å². The van der Waals surface area contributed by atoms with Crippen LogP contribution in [0.1, 0.15) is 20.8 Å². The van der Waals surface area contributed by atoms with Gasteiger partial charge in [0, 0.05) is 12.4 Å². The Bertz CT molecular complexity index is 459. The van der Waals surface area contributed by atoms with E-state index in [0.717, 1.165) is 4.68 Å². The van der Waals surface area contributed by atoms with Gasteiger partial charge in [0.2, 0.25) is 0 Å². The summed E-state index contributed by atoms with van der Waals surface area (Å²) in [5.74, 6) is 0. The molecule has 0 aromatic carbocycles. The Morgan fingerprint density at radius 1 is 1.39 bits per heavy atom. The quantitative estimate of drug-likeness (QED) is 0.551. The zero-order valence-corrected chi connectivity index (χ0v) is 10.3. The summed E-state index contributed by atoms with van der Waals surface area (Å²) < 4.78 is 10.6. The van der Waals surface area contributed by atoms with Crippen LogP contribution in [-0.2, 0) is 9.47 Å². The van der Waals surface area contributed by atoms with Gasteiger partial charge in [-0.05, 0) is 26.8 Å². The highest BCUT2D eigenvalue weighted by molar-refractivity contribution is 5.93. The largest absolute Gasteiger partial charge is 0.442 e. The number of amides is 2. The van der Waals surface area contributed by atoms with Gasteiger partial charge in [-0.1, -0.05) is 0 Å². The molecule has 0 aliphatic carbocycles.